The van der Waals surface area contributed by atoms with E-state index in [1.165, 1.54) is 28.8 Å². The average molecular weight is 305 g/mol. The largest absolute Gasteiger partial charge is 0.480 e. The molecule has 110 valence electrons. The van der Waals surface area contributed by atoms with E-state index in [0.29, 0.717) is 23.4 Å². The number of aliphatic carboxylic acids is 1. The van der Waals surface area contributed by atoms with Gasteiger partial charge in [0.1, 0.15) is 17.8 Å². The third kappa shape index (κ3) is 2.85. The first-order valence-electron chi connectivity index (χ1n) is 6.54. The van der Waals surface area contributed by atoms with Gasteiger partial charge < -0.3 is 10.0 Å². The zero-order chi connectivity index (χ0) is 15.6. The van der Waals surface area contributed by atoms with Crippen LogP contribution < -0.4 is 0 Å². The molecule has 1 aromatic heterocycles. The van der Waals surface area contributed by atoms with Crippen LogP contribution in [0.5, 0.6) is 0 Å². The van der Waals surface area contributed by atoms with Crippen LogP contribution in [0, 0.1) is 18.3 Å². The Hall–Kier alpha value is -2.07. The van der Waals surface area contributed by atoms with Crippen molar-refractivity contribution in [2.75, 3.05) is 5.75 Å². The molecule has 6 nitrogen and oxygen atoms in total. The minimum absolute atomic E-state index is 0.156. The Bertz CT molecular complexity index is 626. The molecule has 0 saturated carbocycles. The van der Waals surface area contributed by atoms with Crippen molar-refractivity contribution in [2.24, 2.45) is 0 Å². The van der Waals surface area contributed by atoms with Crippen LogP contribution in [0.2, 0.25) is 0 Å². The van der Waals surface area contributed by atoms with Gasteiger partial charge in [0, 0.05) is 5.75 Å². The number of nitrogens with zero attached hydrogens (tertiary/aromatic N) is 3. The van der Waals surface area contributed by atoms with E-state index in [-0.39, 0.29) is 11.1 Å². The number of carboxylic acid groups (broad SMARTS) is 1. The van der Waals surface area contributed by atoms with Crippen LogP contribution in [0.4, 0.5) is 0 Å². The van der Waals surface area contributed by atoms with Crippen molar-refractivity contribution >= 4 is 23.6 Å². The number of thioether (sulfide) groups is 1. The monoisotopic (exact) mass is 305 g/mol. The Morgan fingerprint density at radius 2 is 2.29 bits per heavy atom. The summed E-state index contributed by atoms with van der Waals surface area (Å²) < 4.78 is 0. The van der Waals surface area contributed by atoms with E-state index in [4.69, 9.17) is 5.26 Å². The summed E-state index contributed by atoms with van der Waals surface area (Å²) in [5, 5.41) is 18.0. The van der Waals surface area contributed by atoms with Crippen LogP contribution in [-0.2, 0) is 4.79 Å². The van der Waals surface area contributed by atoms with Crippen LogP contribution in [0.15, 0.2) is 12.1 Å². The van der Waals surface area contributed by atoms with E-state index in [0.717, 1.165) is 0 Å². The Kier molecular flexibility index (Phi) is 4.48. The highest BCUT2D eigenvalue weighted by Crippen LogP contribution is 2.32. The molecule has 2 rings (SSSR count). The number of hydrogen-bond acceptors (Lipinski definition) is 5. The molecule has 2 atom stereocenters. The summed E-state index contributed by atoms with van der Waals surface area (Å²) in [6.45, 7) is 3.57. The van der Waals surface area contributed by atoms with Crippen molar-refractivity contribution < 1.29 is 14.7 Å². The van der Waals surface area contributed by atoms with E-state index in [1.54, 1.807) is 6.92 Å². The van der Waals surface area contributed by atoms with Gasteiger partial charge >= 0.3 is 5.97 Å². The van der Waals surface area contributed by atoms with Gasteiger partial charge in [-0.05, 0) is 25.5 Å². The molecule has 2 unspecified atom stereocenters. The maximum Gasteiger partial charge on any atom is 0.327 e. The van der Waals surface area contributed by atoms with Gasteiger partial charge in [-0.25, -0.2) is 9.78 Å². The van der Waals surface area contributed by atoms with Gasteiger partial charge in [0.25, 0.3) is 5.91 Å². The third-order valence-electron chi connectivity index (χ3n) is 3.39. The SMILES string of the molecule is CCC1SCC(C(=O)O)N1C(=O)c1ccc(C#N)c(C)n1. The van der Waals surface area contributed by atoms with Crippen molar-refractivity contribution in [1.29, 1.82) is 5.26 Å². The molecule has 1 saturated heterocycles. The first-order valence-corrected chi connectivity index (χ1v) is 7.59. The topological polar surface area (TPSA) is 94.3 Å². The lowest BCUT2D eigenvalue weighted by atomic mass is 10.1. The molecule has 2 heterocycles. The zero-order valence-corrected chi connectivity index (χ0v) is 12.6. The highest BCUT2D eigenvalue weighted by atomic mass is 32.2. The number of carboxylic acids is 1. The van der Waals surface area contributed by atoms with Crippen LogP contribution >= 0.6 is 11.8 Å². The molecule has 0 radical (unpaired) electrons. The zero-order valence-electron chi connectivity index (χ0n) is 11.7. The maximum atomic E-state index is 12.6. The molecule has 7 heteroatoms. The van der Waals surface area contributed by atoms with Crippen molar-refractivity contribution in [3.05, 3.63) is 29.1 Å². The predicted octanol–water partition coefficient (Wildman–Crippen LogP) is 1.64. The van der Waals surface area contributed by atoms with Gasteiger partial charge in [-0.2, -0.15) is 5.26 Å². The number of aromatic nitrogens is 1. The van der Waals surface area contributed by atoms with Crippen molar-refractivity contribution in [1.82, 2.24) is 9.88 Å². The summed E-state index contributed by atoms with van der Waals surface area (Å²) in [7, 11) is 0. The smallest absolute Gasteiger partial charge is 0.327 e. The summed E-state index contributed by atoms with van der Waals surface area (Å²) in [4.78, 5) is 29.4. The molecule has 21 heavy (non-hydrogen) atoms. The van der Waals surface area contributed by atoms with E-state index in [1.807, 2.05) is 13.0 Å². The molecule has 1 fully saturated rings. The predicted molar refractivity (Wildman–Crippen MR) is 77.8 cm³/mol. The van der Waals surface area contributed by atoms with E-state index in [2.05, 4.69) is 4.98 Å². The number of carbonyl (C=O) groups excluding carboxylic acids is 1. The molecule has 1 amide bonds. The van der Waals surface area contributed by atoms with Gasteiger partial charge in [-0.15, -0.1) is 11.8 Å². The maximum absolute atomic E-state index is 12.6. The summed E-state index contributed by atoms with van der Waals surface area (Å²) >= 11 is 1.47. The van der Waals surface area contributed by atoms with Gasteiger partial charge in [-0.3, -0.25) is 4.79 Å². The molecule has 0 bridgehead atoms. The van der Waals surface area contributed by atoms with E-state index < -0.39 is 17.9 Å². The summed E-state index contributed by atoms with van der Waals surface area (Å²) in [5.74, 6) is -1.02. The molecule has 0 spiro atoms. The van der Waals surface area contributed by atoms with Crippen LogP contribution in [0.3, 0.4) is 0 Å². The fourth-order valence-electron chi connectivity index (χ4n) is 2.27. The standard InChI is InChI=1S/C14H15N3O3S/c1-3-12-17(11(7-21-12)14(19)20)13(18)10-5-4-9(6-15)8(2)16-10/h4-5,11-12H,3,7H2,1-2H3,(H,19,20). The quantitative estimate of drug-likeness (QED) is 0.912. The van der Waals surface area contributed by atoms with Gasteiger partial charge in [0.15, 0.2) is 0 Å². The van der Waals surface area contributed by atoms with Crippen LogP contribution in [0.1, 0.15) is 35.1 Å². The second-order valence-corrected chi connectivity index (χ2v) is 5.91. The Labute approximate surface area is 126 Å². The highest BCUT2D eigenvalue weighted by Gasteiger charge is 2.41. The first kappa shape index (κ1) is 15.3. The first-order chi connectivity index (χ1) is 9.99. The molecule has 1 aromatic rings. The number of pyridine rings is 1. The molecular weight excluding hydrogens is 290 g/mol. The fraction of sp³-hybridized carbons (Fsp3) is 0.429. The number of carbonyl (C=O) groups is 2. The molecular formula is C14H15N3O3S. The number of aryl methyl sites for hydroxylation is 1. The van der Waals surface area contributed by atoms with E-state index >= 15 is 0 Å². The number of hydrogen-bond donors (Lipinski definition) is 1. The average Bonchev–Trinajstić information content (AvgIpc) is 2.90. The van der Waals surface area contributed by atoms with Crippen molar-refractivity contribution in [3.63, 3.8) is 0 Å². The Balaban J connectivity index is 2.35. The molecule has 0 aliphatic carbocycles. The lowest BCUT2D eigenvalue weighted by molar-refractivity contribution is -0.141. The Morgan fingerprint density at radius 1 is 1.57 bits per heavy atom. The highest BCUT2D eigenvalue weighted by molar-refractivity contribution is 8.00. The van der Waals surface area contributed by atoms with Crippen LogP contribution in [0.25, 0.3) is 0 Å². The van der Waals surface area contributed by atoms with Gasteiger partial charge in [-0.1, -0.05) is 6.92 Å². The molecule has 1 aliphatic heterocycles. The lowest BCUT2D eigenvalue weighted by Gasteiger charge is -2.26. The fourth-order valence-corrected chi connectivity index (χ4v) is 3.62. The number of rotatable bonds is 3. The summed E-state index contributed by atoms with van der Waals surface area (Å²) in [6, 6.07) is 4.18. The normalized spacial score (nSPS) is 21.1. The second kappa shape index (κ2) is 6.14. The molecule has 1 N–H and O–H groups in total. The number of amides is 1. The second-order valence-electron chi connectivity index (χ2n) is 4.70. The lowest BCUT2D eigenvalue weighted by Crippen LogP contribution is -2.45. The van der Waals surface area contributed by atoms with Crippen molar-refractivity contribution in [3.8, 4) is 6.07 Å². The minimum Gasteiger partial charge on any atom is -0.480 e. The third-order valence-corrected chi connectivity index (χ3v) is 4.84. The summed E-state index contributed by atoms with van der Waals surface area (Å²) in [5.41, 5.74) is 1.05. The van der Waals surface area contributed by atoms with Crippen LogP contribution in [-0.4, -0.2) is 44.0 Å². The van der Waals surface area contributed by atoms with Gasteiger partial charge in [0.05, 0.1) is 16.6 Å². The van der Waals surface area contributed by atoms with Gasteiger partial charge in [0.2, 0.25) is 0 Å². The molecule has 1 aliphatic rings. The van der Waals surface area contributed by atoms with E-state index in [9.17, 15) is 14.7 Å². The minimum atomic E-state index is -1.00. The molecule has 0 aromatic carbocycles. The number of nitriles is 1. The van der Waals surface area contributed by atoms with Crippen molar-refractivity contribution in [2.45, 2.75) is 31.7 Å². The Morgan fingerprint density at radius 3 is 2.81 bits per heavy atom. The summed E-state index contributed by atoms with van der Waals surface area (Å²) in [6.07, 6.45) is 0.676.